The first-order valence-corrected chi connectivity index (χ1v) is 9.05. The summed E-state index contributed by atoms with van der Waals surface area (Å²) in [5.41, 5.74) is 2.23. The molecule has 0 aliphatic carbocycles. The predicted molar refractivity (Wildman–Crippen MR) is 93.6 cm³/mol. The molecule has 0 aromatic carbocycles. The van der Waals surface area contributed by atoms with E-state index in [-0.39, 0.29) is 5.03 Å². The van der Waals surface area contributed by atoms with Crippen molar-refractivity contribution in [2.24, 2.45) is 0 Å². The zero-order chi connectivity index (χ0) is 18.1. The molecule has 0 spiro atoms. The van der Waals surface area contributed by atoms with Gasteiger partial charge in [0, 0.05) is 23.4 Å². The van der Waals surface area contributed by atoms with Crippen LogP contribution < -0.4 is 0 Å². The lowest BCUT2D eigenvalue weighted by molar-refractivity contribution is 0.477. The van der Waals surface area contributed by atoms with Gasteiger partial charge in [-0.05, 0) is 50.2 Å². The van der Waals surface area contributed by atoms with E-state index in [4.69, 9.17) is 4.98 Å². The lowest BCUT2D eigenvalue weighted by Crippen LogP contribution is -2.23. The monoisotopic (exact) mass is 355 g/mol. The first kappa shape index (κ1) is 17.2. The van der Waals surface area contributed by atoms with Crippen molar-refractivity contribution in [1.29, 1.82) is 0 Å². The SMILES string of the molecule is CC(C)(c1cccc(-c2cccnc2)n1)c1cccc(S(=O)(=O)O)n1. The molecule has 0 saturated carbocycles. The number of pyridine rings is 3. The van der Waals surface area contributed by atoms with E-state index >= 15 is 0 Å². The Labute approximate surface area is 146 Å². The minimum Gasteiger partial charge on any atom is -0.281 e. The van der Waals surface area contributed by atoms with Crippen molar-refractivity contribution >= 4 is 10.1 Å². The van der Waals surface area contributed by atoms with E-state index < -0.39 is 15.5 Å². The third-order valence-corrected chi connectivity index (χ3v) is 4.73. The van der Waals surface area contributed by atoms with Crippen LogP contribution in [0.5, 0.6) is 0 Å². The lowest BCUT2D eigenvalue weighted by Gasteiger charge is -2.24. The van der Waals surface area contributed by atoms with Crippen LogP contribution in [0.15, 0.2) is 66.0 Å². The van der Waals surface area contributed by atoms with Gasteiger partial charge in [-0.3, -0.25) is 14.5 Å². The van der Waals surface area contributed by atoms with Crippen molar-refractivity contribution in [3.05, 3.63) is 72.3 Å². The van der Waals surface area contributed by atoms with Crippen LogP contribution >= 0.6 is 0 Å². The summed E-state index contributed by atoms with van der Waals surface area (Å²) in [6.07, 6.45) is 3.43. The van der Waals surface area contributed by atoms with Crippen LogP contribution in [-0.2, 0) is 15.5 Å². The molecule has 0 aliphatic rings. The van der Waals surface area contributed by atoms with Crippen molar-refractivity contribution in [1.82, 2.24) is 15.0 Å². The molecule has 7 heteroatoms. The van der Waals surface area contributed by atoms with E-state index in [0.717, 1.165) is 17.0 Å². The summed E-state index contributed by atoms with van der Waals surface area (Å²) >= 11 is 0. The van der Waals surface area contributed by atoms with E-state index in [1.165, 1.54) is 6.07 Å². The van der Waals surface area contributed by atoms with Gasteiger partial charge in [-0.1, -0.05) is 12.1 Å². The summed E-state index contributed by atoms with van der Waals surface area (Å²) in [4.78, 5) is 12.9. The molecule has 0 aliphatic heterocycles. The fraction of sp³-hybridized carbons (Fsp3) is 0.167. The number of aromatic nitrogens is 3. The van der Waals surface area contributed by atoms with Gasteiger partial charge in [0.25, 0.3) is 0 Å². The quantitative estimate of drug-likeness (QED) is 0.723. The van der Waals surface area contributed by atoms with Gasteiger partial charge >= 0.3 is 10.1 Å². The van der Waals surface area contributed by atoms with Gasteiger partial charge in [-0.25, -0.2) is 4.98 Å². The van der Waals surface area contributed by atoms with Crippen LogP contribution in [0.25, 0.3) is 11.3 Å². The fourth-order valence-electron chi connectivity index (χ4n) is 2.50. The zero-order valence-electron chi connectivity index (χ0n) is 13.8. The van der Waals surface area contributed by atoms with Crippen molar-refractivity contribution in [2.75, 3.05) is 0 Å². The van der Waals surface area contributed by atoms with Crippen LogP contribution in [0.3, 0.4) is 0 Å². The van der Waals surface area contributed by atoms with Crippen LogP contribution in [0.4, 0.5) is 0 Å². The maximum Gasteiger partial charge on any atom is 0.312 e. The minimum absolute atomic E-state index is 0.374. The molecule has 25 heavy (non-hydrogen) atoms. The molecular formula is C18H17N3O3S. The van der Waals surface area contributed by atoms with Crippen LogP contribution in [-0.4, -0.2) is 27.9 Å². The van der Waals surface area contributed by atoms with Gasteiger partial charge in [0.1, 0.15) is 0 Å². The van der Waals surface area contributed by atoms with Crippen molar-refractivity contribution < 1.29 is 13.0 Å². The highest BCUT2D eigenvalue weighted by Crippen LogP contribution is 2.30. The Balaban J connectivity index is 2.07. The summed E-state index contributed by atoms with van der Waals surface area (Å²) in [5, 5.41) is -0.374. The first-order chi connectivity index (χ1) is 11.8. The number of hydrogen-bond acceptors (Lipinski definition) is 5. The van der Waals surface area contributed by atoms with E-state index in [0.29, 0.717) is 5.69 Å². The molecule has 0 fully saturated rings. The lowest BCUT2D eigenvalue weighted by atomic mass is 9.84. The Morgan fingerprint density at radius 2 is 1.60 bits per heavy atom. The molecule has 0 bridgehead atoms. The van der Waals surface area contributed by atoms with Gasteiger partial charge in [0.15, 0.2) is 5.03 Å². The Hall–Kier alpha value is -2.64. The molecule has 6 nitrogen and oxygen atoms in total. The second-order valence-electron chi connectivity index (χ2n) is 6.11. The molecular weight excluding hydrogens is 338 g/mol. The highest BCUT2D eigenvalue weighted by molar-refractivity contribution is 7.85. The molecule has 3 heterocycles. The third kappa shape index (κ3) is 3.57. The predicted octanol–water partition coefficient (Wildman–Crippen LogP) is 3.11. The molecule has 3 rings (SSSR count). The smallest absolute Gasteiger partial charge is 0.281 e. The van der Waals surface area contributed by atoms with Gasteiger partial charge in [-0.2, -0.15) is 8.42 Å². The van der Waals surface area contributed by atoms with Crippen LogP contribution in [0.2, 0.25) is 0 Å². The van der Waals surface area contributed by atoms with Crippen LogP contribution in [0, 0.1) is 0 Å². The van der Waals surface area contributed by atoms with Crippen molar-refractivity contribution in [2.45, 2.75) is 24.3 Å². The molecule has 3 aromatic rings. The average molecular weight is 355 g/mol. The molecule has 0 amide bonds. The number of nitrogens with zero attached hydrogens (tertiary/aromatic N) is 3. The molecule has 1 N–H and O–H groups in total. The topological polar surface area (TPSA) is 93.0 Å². The highest BCUT2D eigenvalue weighted by atomic mass is 32.2. The summed E-state index contributed by atoms with van der Waals surface area (Å²) in [6.45, 7) is 3.80. The van der Waals surface area contributed by atoms with Gasteiger partial charge < -0.3 is 0 Å². The van der Waals surface area contributed by atoms with Crippen molar-refractivity contribution in [3.63, 3.8) is 0 Å². The standard InChI is InChI=1S/C18H17N3O3S/c1-18(2,16-9-4-10-17(21-16)25(22,23)24)15-8-3-7-14(20-15)13-6-5-11-19-12-13/h3-12H,1-2H3,(H,22,23,24). The van der Waals surface area contributed by atoms with Gasteiger partial charge in [0.05, 0.1) is 17.1 Å². The maximum atomic E-state index is 11.4. The van der Waals surface area contributed by atoms with E-state index in [1.807, 2.05) is 44.2 Å². The highest BCUT2D eigenvalue weighted by Gasteiger charge is 2.28. The normalized spacial score (nSPS) is 12.1. The molecule has 3 aromatic heterocycles. The van der Waals surface area contributed by atoms with Gasteiger partial charge in [0.2, 0.25) is 0 Å². The summed E-state index contributed by atoms with van der Waals surface area (Å²) in [6, 6.07) is 13.9. The summed E-state index contributed by atoms with van der Waals surface area (Å²) in [5.74, 6) is 0. The Bertz CT molecular complexity index is 1000. The second kappa shape index (κ2) is 6.34. The first-order valence-electron chi connectivity index (χ1n) is 7.61. The number of hydrogen-bond donors (Lipinski definition) is 1. The Morgan fingerprint density at radius 3 is 2.24 bits per heavy atom. The molecule has 0 saturated heterocycles. The van der Waals surface area contributed by atoms with E-state index in [2.05, 4.69) is 9.97 Å². The number of rotatable bonds is 4. The second-order valence-corrected chi connectivity index (χ2v) is 7.48. The van der Waals surface area contributed by atoms with E-state index in [1.54, 1.807) is 24.5 Å². The third-order valence-electron chi connectivity index (χ3n) is 3.97. The van der Waals surface area contributed by atoms with Crippen molar-refractivity contribution in [3.8, 4) is 11.3 Å². The van der Waals surface area contributed by atoms with E-state index in [9.17, 15) is 13.0 Å². The summed E-state index contributed by atoms with van der Waals surface area (Å²) < 4.78 is 31.9. The maximum absolute atomic E-state index is 11.4. The Morgan fingerprint density at radius 1 is 0.920 bits per heavy atom. The largest absolute Gasteiger partial charge is 0.312 e. The average Bonchev–Trinajstić information content (AvgIpc) is 2.62. The molecule has 0 unspecified atom stereocenters. The summed E-state index contributed by atoms with van der Waals surface area (Å²) in [7, 11) is -4.36. The Kier molecular flexibility index (Phi) is 4.36. The van der Waals surface area contributed by atoms with Gasteiger partial charge in [-0.15, -0.1) is 0 Å². The fourth-order valence-corrected chi connectivity index (χ4v) is 2.96. The molecule has 0 radical (unpaired) electrons. The molecule has 128 valence electrons. The van der Waals surface area contributed by atoms with Crippen LogP contribution in [0.1, 0.15) is 25.2 Å². The zero-order valence-corrected chi connectivity index (χ0v) is 14.6. The minimum atomic E-state index is -4.36. The molecule has 0 atom stereocenters.